The van der Waals surface area contributed by atoms with Crippen LogP contribution in [0.15, 0.2) is 78.9 Å². The van der Waals surface area contributed by atoms with E-state index in [2.05, 4.69) is 68.4 Å². The van der Waals surface area contributed by atoms with Crippen LogP contribution < -0.4 is 4.74 Å². The molecule has 0 saturated heterocycles. The summed E-state index contributed by atoms with van der Waals surface area (Å²) in [6.07, 6.45) is 0. The Morgan fingerprint density at radius 3 is 2.15 bits per heavy atom. The fourth-order valence-corrected chi connectivity index (χ4v) is 3.27. The predicted octanol–water partition coefficient (Wildman–Crippen LogP) is 6.41. The maximum atomic E-state index is 9.26. The van der Waals surface area contributed by atoms with Crippen molar-refractivity contribution in [3.63, 3.8) is 0 Å². The van der Waals surface area contributed by atoms with Crippen molar-refractivity contribution in [2.75, 3.05) is 0 Å². The Bertz CT molecular complexity index is 1080. The largest absolute Gasteiger partial charge is 0.456 e. The predicted molar refractivity (Wildman–Crippen MR) is 111 cm³/mol. The Balaban J connectivity index is 1.87. The smallest absolute Gasteiger partial charge is 0.143 e. The van der Waals surface area contributed by atoms with E-state index in [1.54, 1.807) is 0 Å². The third-order valence-corrected chi connectivity index (χ3v) is 4.81. The lowest BCUT2D eigenvalue weighted by molar-refractivity contribution is 0.281. The first kappa shape index (κ1) is 17.3. The highest BCUT2D eigenvalue weighted by Gasteiger charge is 2.12. The number of ether oxygens (including phenoxy) is 1. The van der Waals surface area contributed by atoms with Crippen molar-refractivity contribution in [3.8, 4) is 22.6 Å². The minimum Gasteiger partial charge on any atom is -0.456 e. The monoisotopic (exact) mass is 354 g/mol. The molecule has 134 valence electrons. The normalized spacial score (nSPS) is 10.9. The minimum absolute atomic E-state index is 0.0302. The third kappa shape index (κ3) is 3.57. The van der Waals surface area contributed by atoms with Crippen LogP contribution in [-0.4, -0.2) is 5.11 Å². The van der Waals surface area contributed by atoms with E-state index in [1.807, 2.05) is 24.3 Å². The second-order valence-electron chi connectivity index (χ2n) is 6.94. The molecule has 0 saturated carbocycles. The van der Waals surface area contributed by atoms with Crippen molar-refractivity contribution in [2.45, 2.75) is 20.5 Å². The van der Waals surface area contributed by atoms with Crippen LogP contribution in [0.5, 0.6) is 11.5 Å². The Morgan fingerprint density at radius 1 is 0.741 bits per heavy atom. The highest BCUT2D eigenvalue weighted by atomic mass is 16.5. The third-order valence-electron chi connectivity index (χ3n) is 4.81. The quantitative estimate of drug-likeness (QED) is 0.459. The molecule has 4 rings (SSSR count). The molecular weight excluding hydrogens is 332 g/mol. The van der Waals surface area contributed by atoms with Crippen LogP contribution in [0.1, 0.15) is 16.7 Å². The van der Waals surface area contributed by atoms with Crippen LogP contribution in [0.25, 0.3) is 21.9 Å². The molecule has 2 nitrogen and oxygen atoms in total. The Kier molecular flexibility index (Phi) is 4.66. The molecule has 0 aliphatic carbocycles. The molecule has 0 amide bonds. The SMILES string of the molecule is Cc1ccc(-c2ccc3cc(C)ccc3c2Oc2ccc(CO)cc2)cc1. The van der Waals surface area contributed by atoms with E-state index in [4.69, 9.17) is 4.74 Å². The molecule has 2 heteroatoms. The van der Waals surface area contributed by atoms with Crippen molar-refractivity contribution < 1.29 is 9.84 Å². The summed E-state index contributed by atoms with van der Waals surface area (Å²) in [4.78, 5) is 0. The minimum atomic E-state index is 0.0302. The van der Waals surface area contributed by atoms with Gasteiger partial charge in [0.25, 0.3) is 0 Å². The van der Waals surface area contributed by atoms with Gasteiger partial charge in [-0.2, -0.15) is 0 Å². The molecule has 4 aromatic rings. The van der Waals surface area contributed by atoms with Gasteiger partial charge < -0.3 is 9.84 Å². The summed E-state index contributed by atoms with van der Waals surface area (Å²) < 4.78 is 6.37. The van der Waals surface area contributed by atoms with Gasteiger partial charge in [-0.25, -0.2) is 0 Å². The van der Waals surface area contributed by atoms with E-state index < -0.39 is 0 Å². The van der Waals surface area contributed by atoms with Crippen LogP contribution >= 0.6 is 0 Å². The summed E-state index contributed by atoms with van der Waals surface area (Å²) in [5.41, 5.74) is 5.53. The summed E-state index contributed by atoms with van der Waals surface area (Å²) in [5, 5.41) is 11.5. The van der Waals surface area contributed by atoms with Gasteiger partial charge in [-0.05, 0) is 48.6 Å². The molecular formula is C25H22O2. The van der Waals surface area contributed by atoms with Crippen LogP contribution in [-0.2, 0) is 6.61 Å². The lowest BCUT2D eigenvalue weighted by atomic mass is 9.98. The van der Waals surface area contributed by atoms with Gasteiger partial charge in [-0.15, -0.1) is 0 Å². The standard InChI is InChI=1S/C25H22O2/c1-17-3-8-20(9-4-17)23-14-10-21-15-18(2)5-13-24(21)25(23)27-22-11-6-19(16-26)7-12-22/h3-15,26H,16H2,1-2H3. The summed E-state index contributed by atoms with van der Waals surface area (Å²) in [7, 11) is 0. The van der Waals surface area contributed by atoms with Crippen molar-refractivity contribution in [1.29, 1.82) is 0 Å². The molecule has 0 bridgehead atoms. The van der Waals surface area contributed by atoms with E-state index in [0.29, 0.717) is 0 Å². The summed E-state index contributed by atoms with van der Waals surface area (Å²) in [6.45, 7) is 4.22. The highest BCUT2D eigenvalue weighted by Crippen LogP contribution is 2.40. The molecule has 0 fully saturated rings. The molecule has 0 aromatic heterocycles. The number of fused-ring (bicyclic) bond motifs is 1. The number of aliphatic hydroxyl groups excluding tert-OH is 1. The number of aliphatic hydroxyl groups is 1. The molecule has 0 heterocycles. The van der Waals surface area contributed by atoms with Crippen LogP contribution in [0.4, 0.5) is 0 Å². The van der Waals surface area contributed by atoms with E-state index in [1.165, 1.54) is 11.1 Å². The summed E-state index contributed by atoms with van der Waals surface area (Å²) in [5.74, 6) is 1.61. The van der Waals surface area contributed by atoms with E-state index >= 15 is 0 Å². The molecule has 0 aliphatic rings. The van der Waals surface area contributed by atoms with Crippen LogP contribution in [0.3, 0.4) is 0 Å². The fraction of sp³-hybridized carbons (Fsp3) is 0.120. The zero-order chi connectivity index (χ0) is 18.8. The van der Waals surface area contributed by atoms with Gasteiger partial charge in [0.05, 0.1) is 6.61 Å². The highest BCUT2D eigenvalue weighted by molar-refractivity contribution is 5.95. The van der Waals surface area contributed by atoms with Gasteiger partial charge >= 0.3 is 0 Å². The van der Waals surface area contributed by atoms with E-state index in [-0.39, 0.29) is 6.61 Å². The lowest BCUT2D eigenvalue weighted by Crippen LogP contribution is -1.92. The number of rotatable bonds is 4. The molecule has 0 spiro atoms. The average molecular weight is 354 g/mol. The first-order valence-electron chi connectivity index (χ1n) is 9.12. The molecule has 0 unspecified atom stereocenters. The van der Waals surface area contributed by atoms with E-state index in [0.717, 1.165) is 39.0 Å². The molecule has 0 atom stereocenters. The summed E-state index contributed by atoms with van der Waals surface area (Å²) in [6, 6.07) is 26.8. The van der Waals surface area contributed by atoms with Crippen molar-refractivity contribution >= 4 is 10.8 Å². The number of aryl methyl sites for hydroxylation is 2. The second-order valence-corrected chi connectivity index (χ2v) is 6.94. The molecule has 4 aromatic carbocycles. The van der Waals surface area contributed by atoms with Gasteiger partial charge in [0.2, 0.25) is 0 Å². The number of hydrogen-bond donors (Lipinski definition) is 1. The van der Waals surface area contributed by atoms with Crippen molar-refractivity contribution in [3.05, 3.63) is 95.6 Å². The maximum Gasteiger partial charge on any atom is 0.143 e. The first-order valence-corrected chi connectivity index (χ1v) is 9.12. The zero-order valence-corrected chi connectivity index (χ0v) is 15.6. The van der Waals surface area contributed by atoms with Gasteiger partial charge in [-0.3, -0.25) is 0 Å². The van der Waals surface area contributed by atoms with Gasteiger partial charge in [-0.1, -0.05) is 71.8 Å². The fourth-order valence-electron chi connectivity index (χ4n) is 3.27. The van der Waals surface area contributed by atoms with Crippen molar-refractivity contribution in [1.82, 2.24) is 0 Å². The Morgan fingerprint density at radius 2 is 1.44 bits per heavy atom. The van der Waals surface area contributed by atoms with Gasteiger partial charge in [0, 0.05) is 10.9 Å². The number of benzene rings is 4. The summed E-state index contributed by atoms with van der Waals surface area (Å²) >= 11 is 0. The van der Waals surface area contributed by atoms with Gasteiger partial charge in [0.15, 0.2) is 0 Å². The average Bonchev–Trinajstić information content (AvgIpc) is 2.69. The molecule has 0 radical (unpaired) electrons. The molecule has 1 N–H and O–H groups in total. The molecule has 0 aliphatic heterocycles. The Hall–Kier alpha value is -3.10. The zero-order valence-electron chi connectivity index (χ0n) is 15.6. The van der Waals surface area contributed by atoms with Crippen LogP contribution in [0, 0.1) is 13.8 Å². The topological polar surface area (TPSA) is 29.5 Å². The van der Waals surface area contributed by atoms with Crippen molar-refractivity contribution in [2.24, 2.45) is 0 Å². The van der Waals surface area contributed by atoms with Gasteiger partial charge in [0.1, 0.15) is 11.5 Å². The molecule has 27 heavy (non-hydrogen) atoms. The van der Waals surface area contributed by atoms with E-state index in [9.17, 15) is 5.11 Å². The lowest BCUT2D eigenvalue weighted by Gasteiger charge is -2.15. The maximum absolute atomic E-state index is 9.26. The second kappa shape index (κ2) is 7.26. The Labute approximate surface area is 159 Å². The number of hydrogen-bond acceptors (Lipinski definition) is 2. The first-order chi connectivity index (χ1) is 13.1. The van der Waals surface area contributed by atoms with Crippen LogP contribution in [0.2, 0.25) is 0 Å².